The molecule has 0 aromatic rings. The van der Waals surface area contributed by atoms with Crippen LogP contribution in [0.4, 0.5) is 0 Å². The Morgan fingerprint density at radius 2 is 2.06 bits per heavy atom. The second-order valence-corrected chi connectivity index (χ2v) is 5.50. The van der Waals surface area contributed by atoms with E-state index < -0.39 is 0 Å². The third-order valence-electron chi connectivity index (χ3n) is 4.22. The molecule has 2 N–H and O–H groups in total. The van der Waals surface area contributed by atoms with Gasteiger partial charge >= 0.3 is 0 Å². The van der Waals surface area contributed by atoms with E-state index in [1.165, 1.54) is 0 Å². The molecule has 2 heterocycles. The molecule has 0 aliphatic carbocycles. The normalized spacial score (nSPS) is 31.6. The van der Waals surface area contributed by atoms with Crippen LogP contribution >= 0.6 is 0 Å². The van der Waals surface area contributed by atoms with E-state index in [-0.39, 0.29) is 12.0 Å². The van der Waals surface area contributed by atoms with Gasteiger partial charge in [-0.25, -0.2) is 0 Å². The van der Waals surface area contributed by atoms with Crippen LogP contribution in [0.25, 0.3) is 0 Å². The fraction of sp³-hybridized carbons (Fsp3) is 0.923. The van der Waals surface area contributed by atoms with Crippen LogP contribution in [0.1, 0.15) is 20.3 Å². The average Bonchev–Trinajstić information content (AvgIpc) is 2.83. The number of hydrogen-bond donors (Lipinski definition) is 1. The van der Waals surface area contributed by atoms with Crippen molar-refractivity contribution in [1.29, 1.82) is 0 Å². The maximum atomic E-state index is 12.3. The first kappa shape index (κ1) is 13.8. The number of nitrogens with zero attached hydrogens (tertiary/aromatic N) is 2. The number of amides is 1. The highest BCUT2D eigenvalue weighted by atomic mass is 16.5. The van der Waals surface area contributed by atoms with Crippen LogP contribution in [0, 0.1) is 5.92 Å². The van der Waals surface area contributed by atoms with Crippen LogP contribution in [0.5, 0.6) is 0 Å². The summed E-state index contributed by atoms with van der Waals surface area (Å²) in [5, 5.41) is 0. The number of piperazine rings is 1. The third kappa shape index (κ3) is 2.84. The van der Waals surface area contributed by atoms with Gasteiger partial charge in [0.05, 0.1) is 0 Å². The van der Waals surface area contributed by atoms with E-state index in [1.54, 1.807) is 0 Å². The van der Waals surface area contributed by atoms with Crippen LogP contribution in [0.15, 0.2) is 0 Å². The zero-order valence-corrected chi connectivity index (χ0v) is 11.5. The first-order chi connectivity index (χ1) is 8.63. The van der Waals surface area contributed by atoms with E-state index in [1.807, 2.05) is 4.90 Å². The molecule has 3 unspecified atom stereocenters. The van der Waals surface area contributed by atoms with Gasteiger partial charge in [0.25, 0.3) is 5.91 Å². The lowest BCUT2D eigenvalue weighted by molar-refractivity contribution is -0.144. The van der Waals surface area contributed by atoms with Crippen molar-refractivity contribution in [2.45, 2.75) is 32.4 Å². The van der Waals surface area contributed by atoms with Crippen molar-refractivity contribution in [2.75, 3.05) is 39.3 Å². The van der Waals surface area contributed by atoms with Crippen LogP contribution in [0.2, 0.25) is 0 Å². The standard InChI is InChI=1S/C13H25N3O2/c1-10-3-8-18-12(10)13(17)16-6-4-15(5-7-16)11(2)9-14/h10-12H,3-9,14H2,1-2H3. The number of carbonyl (C=O) groups is 1. The molecule has 5 heteroatoms. The smallest absolute Gasteiger partial charge is 0.252 e. The monoisotopic (exact) mass is 255 g/mol. The van der Waals surface area contributed by atoms with Crippen molar-refractivity contribution in [3.05, 3.63) is 0 Å². The minimum absolute atomic E-state index is 0.181. The van der Waals surface area contributed by atoms with Crippen LogP contribution in [0.3, 0.4) is 0 Å². The summed E-state index contributed by atoms with van der Waals surface area (Å²) in [7, 11) is 0. The summed E-state index contributed by atoms with van der Waals surface area (Å²) in [6.07, 6.45) is 0.795. The second-order valence-electron chi connectivity index (χ2n) is 5.50. The average molecular weight is 255 g/mol. The molecule has 0 aromatic heterocycles. The zero-order valence-electron chi connectivity index (χ0n) is 11.5. The SMILES string of the molecule is CC1CCOC1C(=O)N1CCN(C(C)CN)CC1. The fourth-order valence-corrected chi connectivity index (χ4v) is 2.72. The molecular weight excluding hydrogens is 230 g/mol. The van der Waals surface area contributed by atoms with Gasteiger partial charge in [-0.15, -0.1) is 0 Å². The Bertz CT molecular complexity index is 290. The summed E-state index contributed by atoms with van der Waals surface area (Å²) >= 11 is 0. The van der Waals surface area contributed by atoms with Gasteiger partial charge in [-0.05, 0) is 19.3 Å². The molecule has 2 rings (SSSR count). The summed E-state index contributed by atoms with van der Waals surface area (Å²) in [6.45, 7) is 9.09. The van der Waals surface area contributed by atoms with Crippen molar-refractivity contribution in [3.63, 3.8) is 0 Å². The Kier molecular flexibility index (Phi) is 4.59. The van der Waals surface area contributed by atoms with Gasteiger partial charge in [0.1, 0.15) is 6.10 Å². The van der Waals surface area contributed by atoms with Gasteiger partial charge in [0, 0.05) is 45.4 Å². The Hall–Kier alpha value is -0.650. The lowest BCUT2D eigenvalue weighted by Crippen LogP contribution is -2.55. The van der Waals surface area contributed by atoms with Crippen molar-refractivity contribution in [3.8, 4) is 0 Å². The van der Waals surface area contributed by atoms with Crippen molar-refractivity contribution >= 4 is 5.91 Å². The van der Waals surface area contributed by atoms with Gasteiger partial charge in [-0.2, -0.15) is 0 Å². The molecule has 0 radical (unpaired) electrons. The molecule has 2 fully saturated rings. The van der Waals surface area contributed by atoms with Crippen LogP contribution in [-0.4, -0.2) is 67.2 Å². The number of ether oxygens (including phenoxy) is 1. The molecule has 2 aliphatic rings. The van der Waals surface area contributed by atoms with E-state index >= 15 is 0 Å². The maximum absolute atomic E-state index is 12.3. The first-order valence-electron chi connectivity index (χ1n) is 6.98. The zero-order chi connectivity index (χ0) is 13.1. The molecule has 5 nitrogen and oxygen atoms in total. The van der Waals surface area contributed by atoms with Crippen LogP contribution < -0.4 is 5.73 Å². The number of rotatable bonds is 3. The van der Waals surface area contributed by atoms with Gasteiger partial charge in [-0.1, -0.05) is 6.92 Å². The van der Waals surface area contributed by atoms with Crippen molar-refractivity contribution < 1.29 is 9.53 Å². The summed E-state index contributed by atoms with van der Waals surface area (Å²) in [5.41, 5.74) is 5.67. The predicted molar refractivity (Wildman–Crippen MR) is 70.2 cm³/mol. The quantitative estimate of drug-likeness (QED) is 0.765. The Morgan fingerprint density at radius 3 is 2.56 bits per heavy atom. The highest BCUT2D eigenvalue weighted by molar-refractivity contribution is 5.81. The van der Waals surface area contributed by atoms with Crippen molar-refractivity contribution in [2.24, 2.45) is 11.7 Å². The molecular formula is C13H25N3O2. The van der Waals surface area contributed by atoms with Crippen molar-refractivity contribution in [1.82, 2.24) is 9.80 Å². The van der Waals surface area contributed by atoms with E-state index in [2.05, 4.69) is 18.7 Å². The molecule has 2 aliphatic heterocycles. The molecule has 0 spiro atoms. The molecule has 3 atom stereocenters. The van der Waals surface area contributed by atoms with Gasteiger partial charge < -0.3 is 15.4 Å². The maximum Gasteiger partial charge on any atom is 0.252 e. The number of hydrogen-bond acceptors (Lipinski definition) is 4. The van der Waals surface area contributed by atoms with Gasteiger partial charge in [-0.3, -0.25) is 9.69 Å². The molecule has 18 heavy (non-hydrogen) atoms. The summed E-state index contributed by atoms with van der Waals surface area (Å²) in [6, 6.07) is 0.406. The van der Waals surface area contributed by atoms with E-state index in [0.29, 0.717) is 18.5 Å². The van der Waals surface area contributed by atoms with Gasteiger partial charge in [0.2, 0.25) is 0 Å². The summed E-state index contributed by atoms with van der Waals surface area (Å²) in [4.78, 5) is 16.6. The van der Waals surface area contributed by atoms with E-state index in [4.69, 9.17) is 10.5 Å². The van der Waals surface area contributed by atoms with Crippen LogP contribution in [-0.2, 0) is 9.53 Å². The summed E-state index contributed by atoms with van der Waals surface area (Å²) in [5.74, 6) is 0.540. The Balaban J connectivity index is 1.84. The highest BCUT2D eigenvalue weighted by Crippen LogP contribution is 2.22. The fourth-order valence-electron chi connectivity index (χ4n) is 2.72. The number of carbonyl (C=O) groups excluding carboxylic acids is 1. The van der Waals surface area contributed by atoms with E-state index in [9.17, 15) is 4.79 Å². The van der Waals surface area contributed by atoms with Gasteiger partial charge in [0.15, 0.2) is 0 Å². The minimum atomic E-state index is -0.205. The Morgan fingerprint density at radius 1 is 1.39 bits per heavy atom. The lowest BCUT2D eigenvalue weighted by Gasteiger charge is -2.38. The minimum Gasteiger partial charge on any atom is -0.368 e. The molecule has 0 bridgehead atoms. The summed E-state index contributed by atoms with van der Waals surface area (Å²) < 4.78 is 5.55. The molecule has 0 aromatic carbocycles. The highest BCUT2D eigenvalue weighted by Gasteiger charge is 2.35. The third-order valence-corrected chi connectivity index (χ3v) is 4.22. The molecule has 1 amide bonds. The lowest BCUT2D eigenvalue weighted by atomic mass is 10.0. The van der Waals surface area contributed by atoms with E-state index in [0.717, 1.165) is 39.2 Å². The number of nitrogens with two attached hydrogens (primary N) is 1. The Labute approximate surface area is 109 Å². The molecule has 0 saturated carbocycles. The molecule has 2 saturated heterocycles. The largest absolute Gasteiger partial charge is 0.368 e. The topological polar surface area (TPSA) is 58.8 Å². The molecule has 104 valence electrons. The second kappa shape index (κ2) is 5.99. The first-order valence-corrected chi connectivity index (χ1v) is 6.98. The predicted octanol–water partition coefficient (Wildman–Crippen LogP) is -0.0972.